The Labute approximate surface area is 179 Å². The fourth-order valence-electron chi connectivity index (χ4n) is 4.35. The summed E-state index contributed by atoms with van der Waals surface area (Å²) in [6.07, 6.45) is 3.28. The van der Waals surface area contributed by atoms with Crippen molar-refractivity contribution in [2.45, 2.75) is 12.8 Å². The van der Waals surface area contributed by atoms with Crippen molar-refractivity contribution in [2.75, 3.05) is 42.9 Å². The molecule has 3 aromatic rings. The van der Waals surface area contributed by atoms with Crippen molar-refractivity contribution >= 4 is 28.3 Å². The summed E-state index contributed by atoms with van der Waals surface area (Å²) in [5.74, 6) is 0.771. The number of aromatic amines is 1. The molecule has 4 heterocycles. The molecule has 0 atom stereocenters. The molecule has 2 aliphatic heterocycles. The number of nitrogens with zero attached hydrogens (tertiary/aromatic N) is 4. The fraction of sp³-hybridized carbons (Fsp3) is 0.304. The second-order valence-corrected chi connectivity index (χ2v) is 7.89. The van der Waals surface area contributed by atoms with Crippen molar-refractivity contribution in [1.82, 2.24) is 14.9 Å². The second kappa shape index (κ2) is 7.76. The third-order valence-corrected chi connectivity index (χ3v) is 6.03. The van der Waals surface area contributed by atoms with E-state index >= 15 is 0 Å². The van der Waals surface area contributed by atoms with Crippen LogP contribution < -0.4 is 15.8 Å². The van der Waals surface area contributed by atoms with Crippen molar-refractivity contribution in [1.29, 1.82) is 5.26 Å². The highest BCUT2D eigenvalue weighted by atomic mass is 16.2. The maximum atomic E-state index is 13.1. The third-order valence-electron chi connectivity index (χ3n) is 6.03. The number of anilines is 2. The summed E-state index contributed by atoms with van der Waals surface area (Å²) < 4.78 is 0. The van der Waals surface area contributed by atoms with Crippen LogP contribution in [0.1, 0.15) is 27.9 Å². The third kappa shape index (κ3) is 3.48. The van der Waals surface area contributed by atoms with Gasteiger partial charge in [-0.2, -0.15) is 5.26 Å². The first-order valence-corrected chi connectivity index (χ1v) is 10.5. The summed E-state index contributed by atoms with van der Waals surface area (Å²) in [6, 6.07) is 11.2. The Bertz CT molecular complexity index is 1250. The second-order valence-electron chi connectivity index (χ2n) is 7.89. The van der Waals surface area contributed by atoms with Crippen LogP contribution in [0, 0.1) is 11.3 Å². The predicted octanol–water partition coefficient (Wildman–Crippen LogP) is 2.12. The van der Waals surface area contributed by atoms with Gasteiger partial charge in [0.15, 0.2) is 0 Å². The van der Waals surface area contributed by atoms with Gasteiger partial charge in [0.1, 0.15) is 11.9 Å². The molecule has 31 heavy (non-hydrogen) atoms. The maximum absolute atomic E-state index is 13.1. The minimum Gasteiger partial charge on any atom is -0.384 e. The molecular formula is C23H22N6O2. The number of pyridine rings is 2. The molecule has 2 aliphatic rings. The zero-order chi connectivity index (χ0) is 21.4. The van der Waals surface area contributed by atoms with E-state index in [1.54, 1.807) is 18.3 Å². The van der Waals surface area contributed by atoms with Crippen LogP contribution in [-0.2, 0) is 6.42 Å². The number of hydrogen-bond acceptors (Lipinski definition) is 6. The Balaban J connectivity index is 1.33. The van der Waals surface area contributed by atoms with E-state index in [-0.39, 0.29) is 11.5 Å². The molecule has 2 aromatic heterocycles. The van der Waals surface area contributed by atoms with E-state index in [0.717, 1.165) is 41.8 Å². The van der Waals surface area contributed by atoms with Crippen molar-refractivity contribution < 1.29 is 4.79 Å². The molecule has 5 rings (SSSR count). The lowest BCUT2D eigenvalue weighted by atomic mass is 10.0. The van der Waals surface area contributed by atoms with Crippen LogP contribution in [0.3, 0.4) is 0 Å². The first-order chi connectivity index (χ1) is 15.1. The molecule has 8 heteroatoms. The van der Waals surface area contributed by atoms with E-state index in [1.165, 1.54) is 0 Å². The molecule has 1 fully saturated rings. The Morgan fingerprint density at radius 2 is 1.97 bits per heavy atom. The first-order valence-electron chi connectivity index (χ1n) is 10.5. The number of benzene rings is 1. The summed E-state index contributed by atoms with van der Waals surface area (Å²) in [6.45, 7) is 3.37. The molecular weight excluding hydrogens is 392 g/mol. The molecule has 0 radical (unpaired) electrons. The predicted molar refractivity (Wildman–Crippen MR) is 118 cm³/mol. The molecule has 1 saturated heterocycles. The molecule has 1 aromatic carbocycles. The maximum Gasteiger partial charge on any atom is 0.254 e. The minimum atomic E-state index is -0.0807. The van der Waals surface area contributed by atoms with Crippen LogP contribution in [0.15, 0.2) is 41.3 Å². The Kier molecular flexibility index (Phi) is 4.79. The van der Waals surface area contributed by atoms with Gasteiger partial charge in [0, 0.05) is 55.4 Å². The Morgan fingerprint density at radius 3 is 2.71 bits per heavy atom. The van der Waals surface area contributed by atoms with Crippen LogP contribution in [-0.4, -0.2) is 53.5 Å². The lowest BCUT2D eigenvalue weighted by Crippen LogP contribution is -2.49. The van der Waals surface area contributed by atoms with Crippen LogP contribution in [0.2, 0.25) is 0 Å². The number of H-pyrrole nitrogens is 1. The van der Waals surface area contributed by atoms with Gasteiger partial charge in [-0.1, -0.05) is 0 Å². The highest BCUT2D eigenvalue weighted by Crippen LogP contribution is 2.28. The number of rotatable bonds is 2. The SMILES string of the molecule is N#Cc1ccc(N2CCN(C(=O)c3ccc4c5c(c(=O)[nH]c4c3)CCCN5)CC2)nc1. The number of piperazine rings is 1. The molecule has 0 aliphatic carbocycles. The molecule has 0 saturated carbocycles. The van der Waals surface area contributed by atoms with Crippen molar-refractivity contribution in [2.24, 2.45) is 0 Å². The zero-order valence-corrected chi connectivity index (χ0v) is 17.0. The van der Waals surface area contributed by atoms with Gasteiger partial charge in [-0.05, 0) is 43.2 Å². The molecule has 2 N–H and O–H groups in total. The molecule has 156 valence electrons. The van der Waals surface area contributed by atoms with Crippen molar-refractivity contribution in [3.05, 3.63) is 63.6 Å². The van der Waals surface area contributed by atoms with E-state index in [0.29, 0.717) is 42.8 Å². The lowest BCUT2D eigenvalue weighted by molar-refractivity contribution is 0.0746. The van der Waals surface area contributed by atoms with Crippen LogP contribution in [0.4, 0.5) is 11.5 Å². The highest BCUT2D eigenvalue weighted by molar-refractivity contribution is 6.01. The van der Waals surface area contributed by atoms with E-state index in [2.05, 4.69) is 26.3 Å². The highest BCUT2D eigenvalue weighted by Gasteiger charge is 2.24. The summed E-state index contributed by atoms with van der Waals surface area (Å²) in [5.41, 5.74) is 3.40. The summed E-state index contributed by atoms with van der Waals surface area (Å²) >= 11 is 0. The van der Waals surface area contributed by atoms with Gasteiger partial charge in [-0.3, -0.25) is 9.59 Å². The quantitative estimate of drug-likeness (QED) is 0.666. The summed E-state index contributed by atoms with van der Waals surface area (Å²) in [4.78, 5) is 36.8. The number of aromatic nitrogens is 2. The smallest absolute Gasteiger partial charge is 0.254 e. The average Bonchev–Trinajstić information content (AvgIpc) is 2.83. The Morgan fingerprint density at radius 1 is 1.13 bits per heavy atom. The fourth-order valence-corrected chi connectivity index (χ4v) is 4.35. The molecule has 0 spiro atoms. The molecule has 8 nitrogen and oxygen atoms in total. The van der Waals surface area contributed by atoms with Crippen LogP contribution >= 0.6 is 0 Å². The normalized spacial score (nSPS) is 15.8. The molecule has 0 unspecified atom stereocenters. The van der Waals surface area contributed by atoms with Gasteiger partial charge in [-0.25, -0.2) is 4.98 Å². The van der Waals surface area contributed by atoms with Gasteiger partial charge >= 0.3 is 0 Å². The van der Waals surface area contributed by atoms with E-state index in [1.807, 2.05) is 23.1 Å². The average molecular weight is 414 g/mol. The van der Waals surface area contributed by atoms with Crippen molar-refractivity contribution in [3.8, 4) is 6.07 Å². The van der Waals surface area contributed by atoms with Gasteiger partial charge in [0.2, 0.25) is 0 Å². The van der Waals surface area contributed by atoms with E-state index < -0.39 is 0 Å². The summed E-state index contributed by atoms with van der Waals surface area (Å²) in [7, 11) is 0. The number of carbonyl (C=O) groups excluding carboxylic acids is 1. The number of carbonyl (C=O) groups is 1. The largest absolute Gasteiger partial charge is 0.384 e. The number of hydrogen-bond donors (Lipinski definition) is 2. The monoisotopic (exact) mass is 414 g/mol. The van der Waals surface area contributed by atoms with Gasteiger partial charge < -0.3 is 20.1 Å². The molecule has 1 amide bonds. The van der Waals surface area contributed by atoms with E-state index in [9.17, 15) is 9.59 Å². The zero-order valence-electron chi connectivity index (χ0n) is 17.0. The Hall–Kier alpha value is -3.86. The van der Waals surface area contributed by atoms with Crippen LogP contribution in [0.5, 0.6) is 0 Å². The summed E-state index contributed by atoms with van der Waals surface area (Å²) in [5, 5.41) is 13.2. The first kappa shape index (κ1) is 19.1. The van der Waals surface area contributed by atoms with E-state index in [4.69, 9.17) is 5.26 Å². The number of fused-ring (bicyclic) bond motifs is 3. The van der Waals surface area contributed by atoms with Crippen molar-refractivity contribution in [3.63, 3.8) is 0 Å². The van der Waals surface area contributed by atoms with Gasteiger partial charge in [0.05, 0.1) is 16.8 Å². The molecule has 0 bridgehead atoms. The minimum absolute atomic E-state index is 0.0409. The standard InChI is InChI=1S/C23H22N6O2/c24-13-15-3-6-20(26-14-15)28-8-10-29(11-9-28)23(31)16-4-5-17-19(12-16)27-22(30)18-2-1-7-25-21(17)18/h3-6,12,14,25H,1-2,7-11H2,(H,27,30). The topological polar surface area (TPSA) is 105 Å². The number of nitrogens with one attached hydrogen (secondary N) is 2. The van der Waals surface area contributed by atoms with Gasteiger partial charge in [0.25, 0.3) is 11.5 Å². The number of amides is 1. The number of nitriles is 1. The van der Waals surface area contributed by atoms with Gasteiger partial charge in [-0.15, -0.1) is 0 Å². The lowest BCUT2D eigenvalue weighted by Gasteiger charge is -2.35. The van der Waals surface area contributed by atoms with Crippen LogP contribution in [0.25, 0.3) is 10.9 Å².